The van der Waals surface area contributed by atoms with Crippen LogP contribution in [0.15, 0.2) is 54.9 Å². The maximum absolute atomic E-state index is 11.8. The van der Waals surface area contributed by atoms with Crippen molar-refractivity contribution in [2.24, 2.45) is 0 Å². The molecule has 3 aromatic rings. The zero-order chi connectivity index (χ0) is 24.1. The number of aromatic nitrogens is 2. The van der Waals surface area contributed by atoms with Gasteiger partial charge in [0, 0.05) is 43.2 Å². The monoisotopic (exact) mass is 480 g/mol. The van der Waals surface area contributed by atoms with Crippen LogP contribution in [-0.4, -0.2) is 61.1 Å². The van der Waals surface area contributed by atoms with Crippen molar-refractivity contribution in [1.82, 2.24) is 19.2 Å². The first-order valence-corrected chi connectivity index (χ1v) is 13.4. The molecule has 1 aromatic heterocycles. The lowest BCUT2D eigenvalue weighted by Gasteiger charge is -2.27. The minimum atomic E-state index is -3.15. The maximum atomic E-state index is 11.8. The van der Waals surface area contributed by atoms with Crippen LogP contribution in [0.2, 0.25) is 0 Å². The van der Waals surface area contributed by atoms with Gasteiger partial charge in [0.15, 0.2) is 5.82 Å². The molecule has 2 aromatic carbocycles. The molecule has 0 saturated carbocycles. The summed E-state index contributed by atoms with van der Waals surface area (Å²) in [4.78, 5) is 11.1. The van der Waals surface area contributed by atoms with E-state index in [0.717, 1.165) is 47.7 Å². The Kier molecular flexibility index (Phi) is 7.60. The summed E-state index contributed by atoms with van der Waals surface area (Å²) < 4.78 is 31.1. The van der Waals surface area contributed by atoms with Crippen molar-refractivity contribution in [3.63, 3.8) is 0 Å². The van der Waals surface area contributed by atoms with Gasteiger partial charge in [0.25, 0.3) is 0 Å². The number of nitrogens with zero attached hydrogens (tertiary/aromatic N) is 4. The minimum Gasteiger partial charge on any atom is -0.494 e. The summed E-state index contributed by atoms with van der Waals surface area (Å²) in [7, 11) is 0.903. The Hall–Kier alpha value is -2.81. The summed E-state index contributed by atoms with van der Waals surface area (Å²) >= 11 is 0. The van der Waals surface area contributed by atoms with Crippen molar-refractivity contribution in [1.29, 1.82) is 0 Å². The Morgan fingerprint density at radius 3 is 2.41 bits per heavy atom. The average molecular weight is 481 g/mol. The number of hydrogen-bond donors (Lipinski definition) is 0. The summed E-state index contributed by atoms with van der Waals surface area (Å²) in [6, 6.07) is 14.4. The number of rotatable bonds is 9. The quantitative estimate of drug-likeness (QED) is 0.436. The second kappa shape index (κ2) is 10.6. The van der Waals surface area contributed by atoms with E-state index in [1.807, 2.05) is 44.7 Å². The van der Waals surface area contributed by atoms with E-state index in [2.05, 4.69) is 39.1 Å². The molecule has 0 radical (unpaired) electrons. The molecule has 0 unspecified atom stereocenters. The highest BCUT2D eigenvalue weighted by Gasteiger charge is 2.23. The number of aryl methyl sites for hydroxylation is 1. The summed E-state index contributed by atoms with van der Waals surface area (Å²) in [6.45, 7) is 2.42. The van der Waals surface area contributed by atoms with Crippen LogP contribution in [0.3, 0.4) is 0 Å². The summed E-state index contributed by atoms with van der Waals surface area (Å²) in [6.07, 6.45) is 7.59. The lowest BCUT2D eigenvalue weighted by Crippen LogP contribution is -2.35. The molecule has 0 bridgehead atoms. The third-order valence-corrected chi connectivity index (χ3v) is 7.17. The Labute approximate surface area is 202 Å². The van der Waals surface area contributed by atoms with E-state index in [1.165, 1.54) is 21.7 Å². The first-order valence-electron chi connectivity index (χ1n) is 11.5. The van der Waals surface area contributed by atoms with Crippen molar-refractivity contribution in [2.45, 2.75) is 32.4 Å². The predicted octanol–water partition coefficient (Wildman–Crippen LogP) is 3.53. The number of hydrogen-bond acceptors (Lipinski definition) is 6. The third kappa shape index (κ3) is 6.40. The topological polar surface area (TPSA) is 75.6 Å². The minimum absolute atomic E-state index is 0.440. The molecule has 4 rings (SSSR count). The number of ether oxygens (including phenoxy) is 1. The van der Waals surface area contributed by atoms with Crippen LogP contribution >= 0.6 is 0 Å². The number of benzene rings is 2. The molecule has 0 fully saturated rings. The fraction of sp³-hybridized carbons (Fsp3) is 0.385. The van der Waals surface area contributed by atoms with Gasteiger partial charge in [-0.15, -0.1) is 0 Å². The second-order valence-corrected chi connectivity index (χ2v) is 11.1. The lowest BCUT2D eigenvalue weighted by molar-refractivity contribution is 0.309. The van der Waals surface area contributed by atoms with Gasteiger partial charge in [0.1, 0.15) is 5.75 Å². The zero-order valence-electron chi connectivity index (χ0n) is 20.1. The Morgan fingerprint density at radius 2 is 1.74 bits per heavy atom. The van der Waals surface area contributed by atoms with E-state index < -0.39 is 10.0 Å². The van der Waals surface area contributed by atoms with Gasteiger partial charge in [0.2, 0.25) is 10.0 Å². The van der Waals surface area contributed by atoms with Crippen LogP contribution in [0.5, 0.6) is 5.75 Å². The van der Waals surface area contributed by atoms with E-state index >= 15 is 0 Å². The van der Waals surface area contributed by atoms with Gasteiger partial charge in [-0.1, -0.05) is 30.3 Å². The summed E-state index contributed by atoms with van der Waals surface area (Å²) in [5.74, 6) is 1.58. The fourth-order valence-corrected chi connectivity index (χ4v) is 4.91. The van der Waals surface area contributed by atoms with Gasteiger partial charge >= 0.3 is 0 Å². The van der Waals surface area contributed by atoms with Crippen LogP contribution in [-0.2, 0) is 36.0 Å². The third-order valence-electron chi connectivity index (χ3n) is 5.92. The number of fused-ring (bicyclic) bond motifs is 1. The first kappa shape index (κ1) is 24.3. The van der Waals surface area contributed by atoms with Gasteiger partial charge in [-0.3, -0.25) is 0 Å². The highest BCUT2D eigenvalue weighted by molar-refractivity contribution is 7.88. The Bertz CT molecular complexity index is 1210. The van der Waals surface area contributed by atoms with E-state index in [-0.39, 0.29) is 0 Å². The molecule has 0 amide bonds. The molecule has 8 heteroatoms. The molecular weight excluding hydrogens is 448 g/mol. The van der Waals surface area contributed by atoms with E-state index in [0.29, 0.717) is 26.1 Å². The molecule has 7 nitrogen and oxygen atoms in total. The zero-order valence-corrected chi connectivity index (χ0v) is 20.9. The smallest absolute Gasteiger partial charge is 0.211 e. The van der Waals surface area contributed by atoms with E-state index in [4.69, 9.17) is 4.74 Å². The molecule has 180 valence electrons. The van der Waals surface area contributed by atoms with E-state index in [1.54, 1.807) is 0 Å². The lowest BCUT2D eigenvalue weighted by atomic mass is 10.0. The van der Waals surface area contributed by atoms with Crippen LogP contribution in [0.4, 0.5) is 0 Å². The van der Waals surface area contributed by atoms with Gasteiger partial charge in [-0.25, -0.2) is 18.4 Å². The average Bonchev–Trinajstić information content (AvgIpc) is 2.81. The largest absolute Gasteiger partial charge is 0.494 e. The Balaban J connectivity index is 1.25. The van der Waals surface area contributed by atoms with Gasteiger partial charge in [0.05, 0.1) is 12.9 Å². The van der Waals surface area contributed by atoms with Crippen LogP contribution < -0.4 is 4.74 Å². The molecule has 34 heavy (non-hydrogen) atoms. The standard InChI is InChI=1S/C26H32N4O3S/c1-29(2)18-21-16-27-26(28-17-21)22-8-6-20(7-9-22)5-4-14-33-25-11-10-24-19-30(34(3,31)32)13-12-23(24)15-25/h6-11,15-17H,4-5,12-14,18-19H2,1-3H3. The van der Waals surface area contributed by atoms with Crippen molar-refractivity contribution in [3.05, 3.63) is 77.1 Å². The van der Waals surface area contributed by atoms with Crippen molar-refractivity contribution in [2.75, 3.05) is 33.5 Å². The highest BCUT2D eigenvalue weighted by Crippen LogP contribution is 2.25. The Morgan fingerprint density at radius 1 is 1.00 bits per heavy atom. The van der Waals surface area contributed by atoms with Gasteiger partial charge in [-0.05, 0) is 62.2 Å². The van der Waals surface area contributed by atoms with Crippen molar-refractivity contribution >= 4 is 10.0 Å². The molecular formula is C26H32N4O3S. The summed E-state index contributed by atoms with van der Waals surface area (Å²) in [5.41, 5.74) is 5.59. The molecule has 2 heterocycles. The van der Waals surface area contributed by atoms with Crippen LogP contribution in [0, 0.1) is 0 Å². The molecule has 1 aliphatic rings. The second-order valence-electron chi connectivity index (χ2n) is 9.08. The first-order chi connectivity index (χ1) is 16.3. The normalized spacial score (nSPS) is 14.2. The van der Waals surface area contributed by atoms with Crippen molar-refractivity contribution in [3.8, 4) is 17.1 Å². The fourth-order valence-electron chi connectivity index (χ4n) is 4.11. The molecule has 0 aliphatic carbocycles. The van der Waals surface area contributed by atoms with Crippen molar-refractivity contribution < 1.29 is 13.2 Å². The maximum Gasteiger partial charge on any atom is 0.211 e. The van der Waals surface area contributed by atoms with Gasteiger partial charge in [-0.2, -0.15) is 4.31 Å². The van der Waals surface area contributed by atoms with Crippen LogP contribution in [0.25, 0.3) is 11.4 Å². The van der Waals surface area contributed by atoms with Crippen LogP contribution in [0.1, 0.15) is 28.7 Å². The molecule has 0 saturated heterocycles. The molecule has 1 aliphatic heterocycles. The predicted molar refractivity (Wildman–Crippen MR) is 134 cm³/mol. The highest BCUT2D eigenvalue weighted by atomic mass is 32.2. The number of sulfonamides is 1. The molecule has 0 spiro atoms. The summed E-state index contributed by atoms with van der Waals surface area (Å²) in [5, 5.41) is 0. The molecule has 0 atom stereocenters. The molecule has 0 N–H and O–H groups in total. The van der Waals surface area contributed by atoms with Gasteiger partial charge < -0.3 is 9.64 Å². The SMILES string of the molecule is CN(C)Cc1cnc(-c2ccc(CCCOc3ccc4c(c3)CCN(S(C)(=O)=O)C4)cc2)nc1. The van der Waals surface area contributed by atoms with E-state index in [9.17, 15) is 8.42 Å².